The number of hydrogen-bond donors (Lipinski definition) is 1. The van der Waals surface area contributed by atoms with Crippen LogP contribution in [0.25, 0.3) is 0 Å². The van der Waals surface area contributed by atoms with Crippen molar-refractivity contribution in [1.29, 1.82) is 0 Å². The lowest BCUT2D eigenvalue weighted by molar-refractivity contribution is 0.0761. The highest BCUT2D eigenvalue weighted by molar-refractivity contribution is 5.92. The summed E-state index contributed by atoms with van der Waals surface area (Å²) in [4.78, 5) is 25.3. The molecule has 150 valence electrons. The van der Waals surface area contributed by atoms with Crippen LogP contribution in [-0.2, 0) is 6.61 Å². The third kappa shape index (κ3) is 4.68. The quantitative estimate of drug-likeness (QED) is 0.712. The van der Waals surface area contributed by atoms with Crippen molar-refractivity contribution in [3.05, 3.63) is 66.0 Å². The van der Waals surface area contributed by atoms with Gasteiger partial charge in [-0.15, -0.1) is 0 Å². The second-order valence-corrected chi connectivity index (χ2v) is 6.71. The predicted molar refractivity (Wildman–Crippen MR) is 104 cm³/mol. The Labute approximate surface area is 167 Å². The van der Waals surface area contributed by atoms with Crippen LogP contribution in [0.4, 0.5) is 10.3 Å². The SMILES string of the molecule is O=C(c1cc(COc2cccc(F)c2)[nH]n1)N1CCCN(c2ncccn2)CC1. The van der Waals surface area contributed by atoms with E-state index >= 15 is 0 Å². The van der Waals surface area contributed by atoms with E-state index < -0.39 is 0 Å². The number of H-pyrrole nitrogens is 1. The Kier molecular flexibility index (Phi) is 5.64. The number of aromatic amines is 1. The fourth-order valence-corrected chi connectivity index (χ4v) is 3.20. The molecule has 0 radical (unpaired) electrons. The zero-order valence-corrected chi connectivity index (χ0v) is 15.8. The molecular weight excluding hydrogens is 375 g/mol. The average Bonchev–Trinajstić information content (AvgIpc) is 3.08. The van der Waals surface area contributed by atoms with Gasteiger partial charge < -0.3 is 14.5 Å². The summed E-state index contributed by atoms with van der Waals surface area (Å²) in [5.41, 5.74) is 0.985. The van der Waals surface area contributed by atoms with E-state index in [2.05, 4.69) is 25.1 Å². The van der Waals surface area contributed by atoms with Crippen LogP contribution < -0.4 is 9.64 Å². The number of hydrogen-bond acceptors (Lipinski definition) is 6. The minimum absolute atomic E-state index is 0.130. The molecule has 4 rings (SSSR count). The number of anilines is 1. The zero-order chi connectivity index (χ0) is 20.1. The van der Waals surface area contributed by atoms with Crippen LogP contribution in [0.15, 0.2) is 48.8 Å². The molecule has 1 saturated heterocycles. The third-order valence-electron chi connectivity index (χ3n) is 4.66. The lowest BCUT2D eigenvalue weighted by atomic mass is 10.3. The lowest BCUT2D eigenvalue weighted by Gasteiger charge is -2.21. The molecule has 3 aromatic rings. The summed E-state index contributed by atoms with van der Waals surface area (Å²) >= 11 is 0. The highest BCUT2D eigenvalue weighted by Crippen LogP contribution is 2.15. The summed E-state index contributed by atoms with van der Waals surface area (Å²) in [6.45, 7) is 2.84. The molecule has 1 fully saturated rings. The van der Waals surface area contributed by atoms with Gasteiger partial charge in [0, 0.05) is 44.6 Å². The van der Waals surface area contributed by atoms with E-state index in [9.17, 15) is 9.18 Å². The van der Waals surface area contributed by atoms with Crippen molar-refractivity contribution in [3.63, 3.8) is 0 Å². The van der Waals surface area contributed by atoms with E-state index in [1.165, 1.54) is 12.1 Å². The molecule has 0 atom stereocenters. The number of rotatable bonds is 5. The van der Waals surface area contributed by atoms with Gasteiger partial charge in [-0.2, -0.15) is 5.10 Å². The largest absolute Gasteiger partial charge is 0.487 e. The summed E-state index contributed by atoms with van der Waals surface area (Å²) in [6.07, 6.45) is 4.25. The van der Waals surface area contributed by atoms with E-state index in [0.717, 1.165) is 13.0 Å². The van der Waals surface area contributed by atoms with Crippen LogP contribution >= 0.6 is 0 Å². The first kappa shape index (κ1) is 18.9. The molecule has 8 nitrogen and oxygen atoms in total. The number of benzene rings is 1. The fraction of sp³-hybridized carbons (Fsp3) is 0.300. The summed E-state index contributed by atoms with van der Waals surface area (Å²) in [7, 11) is 0. The molecule has 0 spiro atoms. The normalized spacial score (nSPS) is 14.5. The van der Waals surface area contributed by atoms with Gasteiger partial charge in [-0.3, -0.25) is 9.89 Å². The first-order valence-electron chi connectivity index (χ1n) is 9.43. The van der Waals surface area contributed by atoms with Gasteiger partial charge in [-0.1, -0.05) is 6.07 Å². The van der Waals surface area contributed by atoms with E-state index in [1.807, 2.05) is 0 Å². The van der Waals surface area contributed by atoms with Crippen molar-refractivity contribution < 1.29 is 13.9 Å². The lowest BCUT2D eigenvalue weighted by Crippen LogP contribution is -2.35. The van der Waals surface area contributed by atoms with Gasteiger partial charge in [0.15, 0.2) is 5.69 Å². The van der Waals surface area contributed by atoms with E-state index in [1.54, 1.807) is 41.6 Å². The second-order valence-electron chi connectivity index (χ2n) is 6.71. The molecule has 1 aliphatic rings. The third-order valence-corrected chi connectivity index (χ3v) is 4.66. The van der Waals surface area contributed by atoms with Crippen LogP contribution in [0.3, 0.4) is 0 Å². The molecule has 0 saturated carbocycles. The Morgan fingerprint density at radius 3 is 2.79 bits per heavy atom. The first-order chi connectivity index (χ1) is 14.2. The molecule has 1 aromatic carbocycles. The van der Waals surface area contributed by atoms with Crippen LogP contribution in [0.1, 0.15) is 22.6 Å². The van der Waals surface area contributed by atoms with Crippen LogP contribution in [0.5, 0.6) is 5.75 Å². The monoisotopic (exact) mass is 396 g/mol. The molecule has 1 amide bonds. The van der Waals surface area contributed by atoms with Crippen molar-refractivity contribution >= 4 is 11.9 Å². The summed E-state index contributed by atoms with van der Waals surface area (Å²) in [6, 6.07) is 9.36. The molecule has 9 heteroatoms. The van der Waals surface area contributed by atoms with Crippen LogP contribution in [0.2, 0.25) is 0 Å². The summed E-state index contributed by atoms with van der Waals surface area (Å²) in [5.74, 6) is 0.606. The van der Waals surface area contributed by atoms with Crippen LogP contribution in [0, 0.1) is 5.82 Å². The van der Waals surface area contributed by atoms with E-state index in [-0.39, 0.29) is 18.3 Å². The fourth-order valence-electron chi connectivity index (χ4n) is 3.20. The van der Waals surface area contributed by atoms with E-state index in [0.29, 0.717) is 42.7 Å². The maximum atomic E-state index is 13.2. The van der Waals surface area contributed by atoms with Crippen LogP contribution in [-0.4, -0.2) is 57.2 Å². The molecule has 0 unspecified atom stereocenters. The van der Waals surface area contributed by atoms with Gasteiger partial charge in [0.2, 0.25) is 5.95 Å². The van der Waals surface area contributed by atoms with Crippen molar-refractivity contribution in [2.75, 3.05) is 31.1 Å². The van der Waals surface area contributed by atoms with Crippen molar-refractivity contribution in [3.8, 4) is 5.75 Å². The van der Waals surface area contributed by atoms with Gasteiger partial charge in [0.1, 0.15) is 18.2 Å². The Morgan fingerprint density at radius 1 is 1.10 bits per heavy atom. The van der Waals surface area contributed by atoms with Gasteiger partial charge in [-0.05, 0) is 30.7 Å². The minimum Gasteiger partial charge on any atom is -0.487 e. The van der Waals surface area contributed by atoms with Crippen molar-refractivity contribution in [1.82, 2.24) is 25.1 Å². The molecule has 3 heterocycles. The Morgan fingerprint density at radius 2 is 1.97 bits per heavy atom. The molecule has 29 heavy (non-hydrogen) atoms. The Balaban J connectivity index is 1.35. The maximum absolute atomic E-state index is 13.2. The maximum Gasteiger partial charge on any atom is 0.274 e. The topological polar surface area (TPSA) is 87.2 Å². The highest BCUT2D eigenvalue weighted by atomic mass is 19.1. The second kappa shape index (κ2) is 8.68. The number of amides is 1. The number of halogens is 1. The van der Waals surface area contributed by atoms with Gasteiger partial charge in [0.05, 0.1) is 5.69 Å². The number of carbonyl (C=O) groups is 1. The number of nitrogens with zero attached hydrogens (tertiary/aromatic N) is 5. The number of carbonyl (C=O) groups excluding carboxylic acids is 1. The zero-order valence-electron chi connectivity index (χ0n) is 15.8. The minimum atomic E-state index is -0.362. The van der Waals surface area contributed by atoms with Gasteiger partial charge in [-0.25, -0.2) is 14.4 Å². The van der Waals surface area contributed by atoms with Gasteiger partial charge >= 0.3 is 0 Å². The Hall–Kier alpha value is -3.49. The Bertz CT molecular complexity index is 964. The highest BCUT2D eigenvalue weighted by Gasteiger charge is 2.23. The molecule has 0 aliphatic carbocycles. The molecule has 0 bridgehead atoms. The standard InChI is InChI=1S/C20H21FN6O2/c21-15-4-1-5-17(12-15)29-14-16-13-18(25-24-16)19(28)26-8-3-9-27(11-10-26)20-22-6-2-7-23-20/h1-2,4-7,12-13H,3,8-11,14H2,(H,24,25). The number of ether oxygens (including phenoxy) is 1. The molecule has 2 aromatic heterocycles. The van der Waals surface area contributed by atoms with Crippen molar-refractivity contribution in [2.24, 2.45) is 0 Å². The predicted octanol–water partition coefficient (Wildman–Crippen LogP) is 2.27. The summed E-state index contributed by atoms with van der Waals surface area (Å²) in [5, 5.41) is 6.93. The molecular formula is C20H21FN6O2. The number of nitrogens with one attached hydrogen (secondary N) is 1. The van der Waals surface area contributed by atoms with Gasteiger partial charge in [0.25, 0.3) is 5.91 Å². The average molecular weight is 396 g/mol. The summed E-state index contributed by atoms with van der Waals surface area (Å²) < 4.78 is 18.8. The van der Waals surface area contributed by atoms with Crippen molar-refractivity contribution in [2.45, 2.75) is 13.0 Å². The molecule has 1 aliphatic heterocycles. The first-order valence-corrected chi connectivity index (χ1v) is 9.43. The molecule has 1 N–H and O–H groups in total. The smallest absolute Gasteiger partial charge is 0.274 e. The van der Waals surface area contributed by atoms with E-state index in [4.69, 9.17) is 4.74 Å². The number of aromatic nitrogens is 4.